The van der Waals surface area contributed by atoms with E-state index >= 15 is 0 Å². The van der Waals surface area contributed by atoms with Gasteiger partial charge in [-0.05, 0) is 65.0 Å². The molecule has 0 heterocycles. The highest BCUT2D eigenvalue weighted by molar-refractivity contribution is 4.52. The molecule has 0 bridgehead atoms. The summed E-state index contributed by atoms with van der Waals surface area (Å²) in [5.74, 6) is 0. The maximum atomic E-state index is 5.38. The highest BCUT2D eigenvalue weighted by atomic mass is 16.0. The zero-order valence-electron chi connectivity index (χ0n) is 9.73. The first kappa shape index (κ1) is 21.1. The van der Waals surface area contributed by atoms with Gasteiger partial charge in [0.2, 0.25) is 0 Å². The molecule has 0 spiro atoms. The van der Waals surface area contributed by atoms with Crippen LogP contribution >= 0.6 is 0 Å². The molecule has 0 rings (SSSR count). The molecule has 5 nitrogen and oxygen atoms in total. The van der Waals surface area contributed by atoms with Crippen LogP contribution in [0.25, 0.3) is 0 Å². The fourth-order valence-corrected chi connectivity index (χ4v) is 1.20. The summed E-state index contributed by atoms with van der Waals surface area (Å²) in [6, 6.07) is 0. The zero-order valence-corrected chi connectivity index (χ0v) is 9.73. The van der Waals surface area contributed by atoms with Crippen LogP contribution in [0.4, 0.5) is 0 Å². The van der Waals surface area contributed by atoms with Gasteiger partial charge in [0, 0.05) is 0 Å². The molecule has 0 saturated carbocycles. The Morgan fingerprint density at radius 2 is 0.938 bits per heavy atom. The number of hydrogen-bond donors (Lipinski definition) is 4. The average Bonchev–Trinajstić information content (AvgIpc) is 2.21. The SMILES string of the molecule is C.NCCCNCCCCNCCCN.O. The molecule has 0 radical (unpaired) electrons. The predicted octanol–water partition coefficient (Wildman–Crippen LogP) is -0.545. The van der Waals surface area contributed by atoms with E-state index in [1.165, 1.54) is 12.8 Å². The average molecular weight is 236 g/mol. The van der Waals surface area contributed by atoms with E-state index in [0.29, 0.717) is 0 Å². The van der Waals surface area contributed by atoms with E-state index in [4.69, 9.17) is 11.5 Å². The maximum Gasteiger partial charge on any atom is -0.00369 e. The summed E-state index contributed by atoms with van der Waals surface area (Å²) in [6.45, 7) is 5.90. The lowest BCUT2D eigenvalue weighted by atomic mass is 10.3. The second-order valence-corrected chi connectivity index (χ2v) is 3.49. The molecule has 0 amide bonds. The van der Waals surface area contributed by atoms with E-state index in [0.717, 1.165) is 52.1 Å². The van der Waals surface area contributed by atoms with Crippen LogP contribution in [0.2, 0.25) is 0 Å². The van der Waals surface area contributed by atoms with Gasteiger partial charge in [-0.25, -0.2) is 0 Å². The van der Waals surface area contributed by atoms with Crippen molar-refractivity contribution in [2.75, 3.05) is 39.3 Å². The third kappa shape index (κ3) is 19.4. The van der Waals surface area contributed by atoms with Gasteiger partial charge in [-0.2, -0.15) is 0 Å². The van der Waals surface area contributed by atoms with Crippen LogP contribution in [0, 0.1) is 0 Å². The number of nitrogens with two attached hydrogens (primary N) is 2. The van der Waals surface area contributed by atoms with E-state index < -0.39 is 0 Å². The van der Waals surface area contributed by atoms with E-state index in [1.54, 1.807) is 0 Å². The van der Waals surface area contributed by atoms with Gasteiger partial charge in [-0.3, -0.25) is 0 Å². The van der Waals surface area contributed by atoms with Crippen molar-refractivity contribution in [3.63, 3.8) is 0 Å². The standard InChI is InChI=1S/C10H26N4.CH4.H2O/c11-5-3-9-13-7-1-2-8-14-10-4-6-12;;/h13-14H,1-12H2;1H4;1H2. The van der Waals surface area contributed by atoms with Gasteiger partial charge in [0.1, 0.15) is 0 Å². The number of unbranched alkanes of at least 4 members (excludes halogenated alkanes) is 1. The van der Waals surface area contributed by atoms with Crippen LogP contribution in [-0.4, -0.2) is 44.7 Å². The molecule has 8 N–H and O–H groups in total. The number of rotatable bonds is 11. The van der Waals surface area contributed by atoms with Gasteiger partial charge in [-0.15, -0.1) is 0 Å². The van der Waals surface area contributed by atoms with Gasteiger partial charge in [0.05, 0.1) is 0 Å². The van der Waals surface area contributed by atoms with E-state index in [1.807, 2.05) is 0 Å². The van der Waals surface area contributed by atoms with Crippen molar-refractivity contribution in [1.82, 2.24) is 10.6 Å². The number of nitrogens with one attached hydrogen (secondary N) is 2. The lowest BCUT2D eigenvalue weighted by molar-refractivity contribution is 0.570. The normalized spacial score (nSPS) is 9.38. The summed E-state index contributed by atoms with van der Waals surface area (Å²) in [6.07, 6.45) is 4.63. The molecule has 0 aliphatic heterocycles. The first-order valence-corrected chi connectivity index (χ1v) is 5.73. The van der Waals surface area contributed by atoms with Crippen molar-refractivity contribution >= 4 is 0 Å². The summed E-state index contributed by atoms with van der Waals surface area (Å²) in [7, 11) is 0. The minimum Gasteiger partial charge on any atom is -0.412 e. The van der Waals surface area contributed by atoms with Crippen LogP contribution in [0.3, 0.4) is 0 Å². The molecule has 16 heavy (non-hydrogen) atoms. The Morgan fingerprint density at radius 3 is 1.25 bits per heavy atom. The maximum absolute atomic E-state index is 5.38. The van der Waals surface area contributed by atoms with Crippen LogP contribution in [0.15, 0.2) is 0 Å². The Balaban J connectivity index is -0.000000845. The molecule has 0 aliphatic rings. The van der Waals surface area contributed by atoms with Crippen molar-refractivity contribution in [1.29, 1.82) is 0 Å². The van der Waals surface area contributed by atoms with Gasteiger partial charge in [0.25, 0.3) is 0 Å². The Bertz CT molecular complexity index is 92.0. The summed E-state index contributed by atoms with van der Waals surface area (Å²) in [4.78, 5) is 0. The summed E-state index contributed by atoms with van der Waals surface area (Å²) >= 11 is 0. The monoisotopic (exact) mass is 236 g/mol. The topological polar surface area (TPSA) is 108 Å². The number of hydrogen-bond acceptors (Lipinski definition) is 4. The van der Waals surface area contributed by atoms with Gasteiger partial charge < -0.3 is 27.6 Å². The second-order valence-electron chi connectivity index (χ2n) is 3.49. The lowest BCUT2D eigenvalue weighted by Gasteiger charge is -2.04. The highest BCUT2D eigenvalue weighted by Crippen LogP contribution is 1.84. The van der Waals surface area contributed by atoms with Crippen molar-refractivity contribution in [2.45, 2.75) is 33.1 Å². The van der Waals surface area contributed by atoms with Crippen LogP contribution < -0.4 is 22.1 Å². The quantitative estimate of drug-likeness (QED) is 0.361. The first-order chi connectivity index (χ1) is 6.91. The Kier molecular flexibility index (Phi) is 26.7. The Hall–Kier alpha value is -0.200. The third-order valence-corrected chi connectivity index (χ3v) is 2.07. The Labute approximate surface area is 101 Å². The summed E-state index contributed by atoms with van der Waals surface area (Å²) in [5.41, 5.74) is 10.8. The van der Waals surface area contributed by atoms with Crippen molar-refractivity contribution in [3.05, 3.63) is 0 Å². The second kappa shape index (κ2) is 20.2. The zero-order chi connectivity index (χ0) is 10.5. The van der Waals surface area contributed by atoms with Crippen LogP contribution in [0.5, 0.6) is 0 Å². The molecular weight excluding hydrogens is 204 g/mol. The van der Waals surface area contributed by atoms with Crippen molar-refractivity contribution < 1.29 is 5.48 Å². The molecule has 0 aromatic rings. The van der Waals surface area contributed by atoms with Crippen molar-refractivity contribution in [2.24, 2.45) is 11.5 Å². The lowest BCUT2D eigenvalue weighted by Crippen LogP contribution is -2.22. The van der Waals surface area contributed by atoms with Gasteiger partial charge in [-0.1, -0.05) is 7.43 Å². The van der Waals surface area contributed by atoms with E-state index in [9.17, 15) is 0 Å². The molecule has 0 aromatic heterocycles. The van der Waals surface area contributed by atoms with E-state index in [2.05, 4.69) is 10.6 Å². The summed E-state index contributed by atoms with van der Waals surface area (Å²) in [5, 5.41) is 6.72. The summed E-state index contributed by atoms with van der Waals surface area (Å²) < 4.78 is 0. The third-order valence-electron chi connectivity index (χ3n) is 2.07. The van der Waals surface area contributed by atoms with Crippen LogP contribution in [-0.2, 0) is 0 Å². The molecular formula is C11H32N4O. The fraction of sp³-hybridized carbons (Fsp3) is 1.00. The molecule has 0 saturated heterocycles. The fourth-order valence-electron chi connectivity index (χ4n) is 1.20. The first-order valence-electron chi connectivity index (χ1n) is 5.73. The molecule has 102 valence electrons. The molecule has 0 unspecified atom stereocenters. The molecule has 5 heteroatoms. The minimum atomic E-state index is 0. The smallest absolute Gasteiger partial charge is 0.00369 e. The van der Waals surface area contributed by atoms with Gasteiger partial charge in [0.15, 0.2) is 0 Å². The van der Waals surface area contributed by atoms with Crippen LogP contribution in [0.1, 0.15) is 33.1 Å². The van der Waals surface area contributed by atoms with Gasteiger partial charge >= 0.3 is 0 Å². The minimum absolute atomic E-state index is 0. The largest absolute Gasteiger partial charge is 0.412 e. The van der Waals surface area contributed by atoms with E-state index in [-0.39, 0.29) is 12.9 Å². The Morgan fingerprint density at radius 1 is 0.625 bits per heavy atom. The highest BCUT2D eigenvalue weighted by Gasteiger charge is 1.89. The molecule has 0 atom stereocenters. The predicted molar refractivity (Wildman–Crippen MR) is 72.7 cm³/mol. The van der Waals surface area contributed by atoms with Crippen molar-refractivity contribution in [3.8, 4) is 0 Å². The molecule has 0 fully saturated rings. The molecule has 0 aliphatic carbocycles. The molecule has 0 aromatic carbocycles.